The average Bonchev–Trinajstić information content (AvgIpc) is 2.52. The van der Waals surface area contributed by atoms with Gasteiger partial charge in [-0.15, -0.1) is 0 Å². The lowest BCUT2D eigenvalue weighted by Crippen LogP contribution is -2.23. The summed E-state index contributed by atoms with van der Waals surface area (Å²) in [6.45, 7) is 0.385. The Balaban J connectivity index is 1.81. The number of aromatic nitrogens is 1. The number of nitrogens with zero attached hydrogens (tertiary/aromatic N) is 1. The summed E-state index contributed by atoms with van der Waals surface area (Å²) in [6.07, 6.45) is 4.51. The van der Waals surface area contributed by atoms with Gasteiger partial charge in [-0.2, -0.15) is 0 Å². The van der Waals surface area contributed by atoms with Gasteiger partial charge in [0, 0.05) is 30.9 Å². The zero-order valence-corrected chi connectivity index (χ0v) is 11.6. The van der Waals surface area contributed by atoms with Crippen LogP contribution < -0.4 is 11.1 Å². The van der Waals surface area contributed by atoms with E-state index in [1.54, 1.807) is 30.6 Å². The fourth-order valence-electron chi connectivity index (χ4n) is 1.93. The van der Waals surface area contributed by atoms with Gasteiger partial charge < -0.3 is 11.1 Å². The summed E-state index contributed by atoms with van der Waals surface area (Å²) in [7, 11) is 0. The van der Waals surface area contributed by atoms with E-state index in [-0.39, 0.29) is 5.91 Å². The number of carbonyl (C=O) groups is 2. The predicted molar refractivity (Wildman–Crippen MR) is 79.4 cm³/mol. The molecule has 1 aromatic heterocycles. The monoisotopic (exact) mass is 283 g/mol. The van der Waals surface area contributed by atoms with Crippen LogP contribution in [0.3, 0.4) is 0 Å². The molecule has 0 aliphatic carbocycles. The quantitative estimate of drug-likeness (QED) is 0.841. The van der Waals surface area contributed by atoms with Crippen LogP contribution in [-0.4, -0.2) is 16.8 Å². The van der Waals surface area contributed by atoms with Gasteiger partial charge in [0.2, 0.25) is 11.8 Å². The zero-order valence-electron chi connectivity index (χ0n) is 11.6. The van der Waals surface area contributed by atoms with Crippen molar-refractivity contribution in [3.63, 3.8) is 0 Å². The van der Waals surface area contributed by atoms with E-state index < -0.39 is 5.91 Å². The maximum Gasteiger partial charge on any atom is 0.248 e. The molecule has 2 aromatic rings. The number of rotatable bonds is 6. The van der Waals surface area contributed by atoms with Crippen LogP contribution in [-0.2, 0) is 17.8 Å². The molecule has 0 saturated heterocycles. The van der Waals surface area contributed by atoms with E-state index in [9.17, 15) is 9.59 Å². The molecule has 5 heteroatoms. The zero-order chi connectivity index (χ0) is 15.1. The Morgan fingerprint density at radius 1 is 1.10 bits per heavy atom. The van der Waals surface area contributed by atoms with Gasteiger partial charge in [0.25, 0.3) is 0 Å². The first-order chi connectivity index (χ1) is 10.1. The van der Waals surface area contributed by atoms with Crippen molar-refractivity contribution in [3.8, 4) is 0 Å². The smallest absolute Gasteiger partial charge is 0.248 e. The summed E-state index contributed by atoms with van der Waals surface area (Å²) in [6, 6.07) is 10.7. The first-order valence-electron chi connectivity index (χ1n) is 6.69. The summed E-state index contributed by atoms with van der Waals surface area (Å²) in [4.78, 5) is 26.8. The Hall–Kier alpha value is -2.69. The van der Waals surface area contributed by atoms with Crippen molar-refractivity contribution in [2.45, 2.75) is 19.4 Å². The standard InChI is InChI=1S/C16H17N3O2/c17-16(21)14-3-1-2-13(10-14)11-19-15(20)5-4-12-6-8-18-9-7-12/h1-3,6-10H,4-5,11H2,(H2,17,21)(H,19,20). The fourth-order valence-corrected chi connectivity index (χ4v) is 1.93. The van der Waals surface area contributed by atoms with Gasteiger partial charge >= 0.3 is 0 Å². The van der Waals surface area contributed by atoms with Crippen LogP contribution in [0.5, 0.6) is 0 Å². The van der Waals surface area contributed by atoms with Crippen LogP contribution in [0.2, 0.25) is 0 Å². The molecule has 0 atom stereocenters. The Morgan fingerprint density at radius 3 is 2.57 bits per heavy atom. The summed E-state index contributed by atoms with van der Waals surface area (Å²) in [5, 5.41) is 2.83. The molecule has 0 aliphatic heterocycles. The molecule has 0 unspecified atom stereocenters. The lowest BCUT2D eigenvalue weighted by Gasteiger charge is -2.06. The van der Waals surface area contributed by atoms with Gasteiger partial charge in [-0.05, 0) is 41.8 Å². The van der Waals surface area contributed by atoms with Gasteiger partial charge in [0.1, 0.15) is 0 Å². The molecule has 5 nitrogen and oxygen atoms in total. The van der Waals surface area contributed by atoms with Gasteiger partial charge in [0.15, 0.2) is 0 Å². The van der Waals surface area contributed by atoms with Crippen LogP contribution >= 0.6 is 0 Å². The minimum Gasteiger partial charge on any atom is -0.366 e. The Morgan fingerprint density at radius 2 is 1.86 bits per heavy atom. The van der Waals surface area contributed by atoms with Crippen molar-refractivity contribution in [1.29, 1.82) is 0 Å². The second-order valence-electron chi connectivity index (χ2n) is 4.70. The van der Waals surface area contributed by atoms with Gasteiger partial charge in [-0.1, -0.05) is 12.1 Å². The molecule has 3 N–H and O–H groups in total. The number of amides is 2. The third kappa shape index (κ3) is 4.72. The largest absolute Gasteiger partial charge is 0.366 e. The van der Waals surface area contributed by atoms with E-state index in [1.807, 2.05) is 18.2 Å². The second-order valence-corrected chi connectivity index (χ2v) is 4.70. The number of pyridine rings is 1. The van der Waals surface area contributed by atoms with E-state index in [0.717, 1.165) is 11.1 Å². The highest BCUT2D eigenvalue weighted by atomic mass is 16.1. The average molecular weight is 283 g/mol. The lowest BCUT2D eigenvalue weighted by atomic mass is 10.1. The summed E-state index contributed by atoms with van der Waals surface area (Å²) in [5.74, 6) is -0.503. The highest BCUT2D eigenvalue weighted by Gasteiger charge is 2.04. The predicted octanol–water partition coefficient (Wildman–Crippen LogP) is 1.43. The SMILES string of the molecule is NC(=O)c1cccc(CNC(=O)CCc2ccncc2)c1. The summed E-state index contributed by atoms with van der Waals surface area (Å²) in [5.41, 5.74) is 7.59. The first-order valence-corrected chi connectivity index (χ1v) is 6.69. The Kier molecular flexibility index (Phi) is 5.04. The maximum atomic E-state index is 11.8. The number of carbonyl (C=O) groups excluding carboxylic acids is 2. The van der Waals surface area contributed by atoms with E-state index >= 15 is 0 Å². The van der Waals surface area contributed by atoms with Crippen molar-refractivity contribution in [2.75, 3.05) is 0 Å². The molecule has 0 aliphatic rings. The van der Waals surface area contributed by atoms with Gasteiger partial charge in [0.05, 0.1) is 0 Å². The number of hydrogen-bond donors (Lipinski definition) is 2. The number of primary amides is 1. The minimum atomic E-state index is -0.471. The van der Waals surface area contributed by atoms with Crippen LogP contribution in [0.4, 0.5) is 0 Å². The number of nitrogens with one attached hydrogen (secondary N) is 1. The molecular formula is C16H17N3O2. The Labute approximate surface area is 123 Å². The fraction of sp³-hybridized carbons (Fsp3) is 0.188. The number of benzene rings is 1. The molecule has 0 fully saturated rings. The molecule has 21 heavy (non-hydrogen) atoms. The highest BCUT2D eigenvalue weighted by Crippen LogP contribution is 2.05. The van der Waals surface area contributed by atoms with Crippen molar-refractivity contribution < 1.29 is 9.59 Å². The van der Waals surface area contributed by atoms with Crippen LogP contribution in [0.1, 0.15) is 27.9 Å². The van der Waals surface area contributed by atoms with Crippen molar-refractivity contribution in [3.05, 3.63) is 65.5 Å². The molecule has 108 valence electrons. The van der Waals surface area contributed by atoms with Gasteiger partial charge in [-0.3, -0.25) is 14.6 Å². The third-order valence-corrected chi connectivity index (χ3v) is 3.09. The molecule has 2 rings (SSSR count). The second kappa shape index (κ2) is 7.19. The maximum absolute atomic E-state index is 11.8. The van der Waals surface area contributed by atoms with E-state index in [4.69, 9.17) is 5.73 Å². The topological polar surface area (TPSA) is 85.1 Å². The third-order valence-electron chi connectivity index (χ3n) is 3.09. The Bertz CT molecular complexity index is 626. The first kappa shape index (κ1) is 14.7. The van der Waals surface area contributed by atoms with Crippen molar-refractivity contribution in [1.82, 2.24) is 10.3 Å². The number of aryl methyl sites for hydroxylation is 1. The van der Waals surface area contributed by atoms with Crippen LogP contribution in [0.25, 0.3) is 0 Å². The van der Waals surface area contributed by atoms with Gasteiger partial charge in [-0.25, -0.2) is 0 Å². The molecule has 0 saturated carbocycles. The van der Waals surface area contributed by atoms with E-state index in [1.165, 1.54) is 0 Å². The minimum absolute atomic E-state index is 0.0312. The molecule has 2 amide bonds. The molecule has 1 aromatic carbocycles. The summed E-state index contributed by atoms with van der Waals surface area (Å²) >= 11 is 0. The van der Waals surface area contributed by atoms with E-state index in [2.05, 4.69) is 10.3 Å². The molecule has 0 bridgehead atoms. The van der Waals surface area contributed by atoms with E-state index in [0.29, 0.717) is 24.9 Å². The molecule has 0 radical (unpaired) electrons. The summed E-state index contributed by atoms with van der Waals surface area (Å²) < 4.78 is 0. The number of hydrogen-bond acceptors (Lipinski definition) is 3. The van der Waals surface area contributed by atoms with Crippen molar-refractivity contribution in [2.24, 2.45) is 5.73 Å². The van der Waals surface area contributed by atoms with Crippen LogP contribution in [0, 0.1) is 0 Å². The molecular weight excluding hydrogens is 266 g/mol. The number of nitrogens with two attached hydrogens (primary N) is 1. The highest BCUT2D eigenvalue weighted by molar-refractivity contribution is 5.92. The lowest BCUT2D eigenvalue weighted by molar-refractivity contribution is -0.121. The molecule has 1 heterocycles. The molecule has 0 spiro atoms. The normalized spacial score (nSPS) is 10.1. The van der Waals surface area contributed by atoms with Crippen LogP contribution in [0.15, 0.2) is 48.8 Å². The van der Waals surface area contributed by atoms with Crippen molar-refractivity contribution >= 4 is 11.8 Å².